The van der Waals surface area contributed by atoms with Crippen molar-refractivity contribution in [1.29, 1.82) is 0 Å². The zero-order chi connectivity index (χ0) is 19.0. The number of likely N-dealkylation sites (N-methyl/N-ethyl adjacent to an activating group) is 1. The molecule has 0 bridgehead atoms. The molecule has 1 saturated carbocycles. The van der Waals surface area contributed by atoms with Crippen LogP contribution in [0.4, 0.5) is 11.4 Å². The highest BCUT2D eigenvalue weighted by Crippen LogP contribution is 2.40. The van der Waals surface area contributed by atoms with Crippen molar-refractivity contribution < 1.29 is 4.79 Å². The number of nitrogens with zero attached hydrogens (tertiary/aromatic N) is 1. The molecule has 3 N–H and O–H groups in total. The lowest BCUT2D eigenvalue weighted by molar-refractivity contribution is -0.119. The molecule has 142 valence electrons. The normalized spacial score (nSPS) is 20.4. The van der Waals surface area contributed by atoms with E-state index in [2.05, 4.69) is 23.3 Å². The van der Waals surface area contributed by atoms with Gasteiger partial charge in [-0.15, -0.1) is 0 Å². The van der Waals surface area contributed by atoms with Crippen LogP contribution in [0.3, 0.4) is 0 Å². The molecule has 1 amide bonds. The topological polar surface area (TPSA) is 58.4 Å². The van der Waals surface area contributed by atoms with Gasteiger partial charge in [0.05, 0.1) is 0 Å². The molecule has 0 aromatic heterocycles. The van der Waals surface area contributed by atoms with Gasteiger partial charge in [-0.2, -0.15) is 0 Å². The zero-order valence-electron chi connectivity index (χ0n) is 15.7. The maximum atomic E-state index is 12.7. The van der Waals surface area contributed by atoms with E-state index in [1.807, 2.05) is 30.3 Å². The predicted molar refractivity (Wildman–Crippen MR) is 111 cm³/mol. The molecule has 1 aliphatic heterocycles. The number of fused-ring (bicyclic) bond motifs is 1. The van der Waals surface area contributed by atoms with Crippen molar-refractivity contribution in [3.8, 4) is 0 Å². The fourth-order valence-electron chi connectivity index (χ4n) is 4.51. The highest BCUT2D eigenvalue weighted by atomic mass is 35.5. The smallest absolute Gasteiger partial charge is 0.227 e. The number of nitrogen functional groups attached to an aromatic ring is 1. The van der Waals surface area contributed by atoms with Crippen molar-refractivity contribution in [2.75, 3.05) is 24.6 Å². The predicted octanol–water partition coefficient (Wildman–Crippen LogP) is 4.63. The summed E-state index contributed by atoms with van der Waals surface area (Å²) in [4.78, 5) is 15.0. The van der Waals surface area contributed by atoms with E-state index >= 15 is 0 Å². The SMILES string of the molecule is CN1Cc2c(Cl)cc(N)cc2C(c2ccccc2NC(=O)C2CCCC2)C1. The second-order valence-electron chi connectivity index (χ2n) is 7.88. The highest BCUT2D eigenvalue weighted by Gasteiger charge is 2.29. The summed E-state index contributed by atoms with van der Waals surface area (Å²) < 4.78 is 0. The third-order valence-corrected chi connectivity index (χ3v) is 6.21. The number of hydrogen-bond donors (Lipinski definition) is 2. The van der Waals surface area contributed by atoms with Gasteiger partial charge in [0.15, 0.2) is 0 Å². The van der Waals surface area contributed by atoms with Crippen LogP contribution in [0.1, 0.15) is 48.3 Å². The molecule has 0 spiro atoms. The fraction of sp³-hybridized carbons (Fsp3) is 0.409. The molecule has 1 atom stereocenters. The Hall–Kier alpha value is -2.04. The number of nitrogens with two attached hydrogens (primary N) is 1. The monoisotopic (exact) mass is 383 g/mol. The van der Waals surface area contributed by atoms with Gasteiger partial charge in [-0.1, -0.05) is 42.6 Å². The largest absolute Gasteiger partial charge is 0.399 e. The van der Waals surface area contributed by atoms with Crippen LogP contribution in [0.25, 0.3) is 0 Å². The van der Waals surface area contributed by atoms with Gasteiger partial charge in [-0.3, -0.25) is 4.79 Å². The van der Waals surface area contributed by atoms with E-state index in [1.165, 1.54) is 5.56 Å². The van der Waals surface area contributed by atoms with E-state index in [0.29, 0.717) is 10.7 Å². The van der Waals surface area contributed by atoms with Crippen LogP contribution in [0.2, 0.25) is 5.02 Å². The van der Waals surface area contributed by atoms with Crippen molar-refractivity contribution in [2.24, 2.45) is 5.92 Å². The van der Waals surface area contributed by atoms with Crippen LogP contribution in [0.5, 0.6) is 0 Å². The number of para-hydroxylation sites is 1. The summed E-state index contributed by atoms with van der Waals surface area (Å²) in [5.41, 5.74) is 11.1. The molecule has 27 heavy (non-hydrogen) atoms. The van der Waals surface area contributed by atoms with E-state index in [9.17, 15) is 4.79 Å². The van der Waals surface area contributed by atoms with Crippen molar-refractivity contribution in [3.63, 3.8) is 0 Å². The fourth-order valence-corrected chi connectivity index (χ4v) is 4.80. The molecule has 2 aromatic carbocycles. The van der Waals surface area contributed by atoms with Crippen LogP contribution >= 0.6 is 11.6 Å². The van der Waals surface area contributed by atoms with E-state index in [-0.39, 0.29) is 17.7 Å². The molecule has 1 aliphatic carbocycles. The Morgan fingerprint density at radius 1 is 1.19 bits per heavy atom. The molecule has 2 aromatic rings. The van der Waals surface area contributed by atoms with Gasteiger partial charge >= 0.3 is 0 Å². The molecule has 4 nitrogen and oxygen atoms in total. The lowest BCUT2D eigenvalue weighted by atomic mass is 9.83. The molecule has 4 rings (SSSR count). The minimum atomic E-state index is 0.125. The number of benzene rings is 2. The van der Waals surface area contributed by atoms with Gasteiger partial charge in [0.25, 0.3) is 0 Å². The van der Waals surface area contributed by atoms with Crippen LogP contribution in [-0.4, -0.2) is 24.4 Å². The summed E-state index contributed by atoms with van der Waals surface area (Å²) in [5.74, 6) is 0.416. The first-order valence-electron chi connectivity index (χ1n) is 9.69. The lowest BCUT2D eigenvalue weighted by Gasteiger charge is -2.34. The molecule has 5 heteroatoms. The maximum Gasteiger partial charge on any atom is 0.227 e. The number of amides is 1. The first kappa shape index (κ1) is 18.3. The summed E-state index contributed by atoms with van der Waals surface area (Å²) in [5, 5.41) is 3.92. The quantitative estimate of drug-likeness (QED) is 0.760. The van der Waals surface area contributed by atoms with Crippen molar-refractivity contribution in [3.05, 3.63) is 58.1 Å². The molecule has 0 radical (unpaired) electrons. The molecular formula is C22H26ClN3O. The Bertz CT molecular complexity index is 861. The van der Waals surface area contributed by atoms with Crippen LogP contribution in [-0.2, 0) is 11.3 Å². The van der Waals surface area contributed by atoms with E-state index < -0.39 is 0 Å². The number of carbonyl (C=O) groups is 1. The summed E-state index contributed by atoms with van der Waals surface area (Å²) in [6, 6.07) is 12.0. The molecule has 1 unspecified atom stereocenters. The Morgan fingerprint density at radius 3 is 2.70 bits per heavy atom. The molecule has 1 heterocycles. The van der Waals surface area contributed by atoms with Gasteiger partial charge in [0.2, 0.25) is 5.91 Å². The van der Waals surface area contributed by atoms with Crippen molar-refractivity contribution in [2.45, 2.75) is 38.1 Å². The van der Waals surface area contributed by atoms with Crippen molar-refractivity contribution >= 4 is 28.9 Å². The number of halogens is 1. The Morgan fingerprint density at radius 2 is 1.93 bits per heavy atom. The minimum Gasteiger partial charge on any atom is -0.399 e. The van der Waals surface area contributed by atoms with Crippen LogP contribution in [0.15, 0.2) is 36.4 Å². The van der Waals surface area contributed by atoms with Gasteiger partial charge in [0.1, 0.15) is 0 Å². The summed E-state index contributed by atoms with van der Waals surface area (Å²) >= 11 is 6.50. The average molecular weight is 384 g/mol. The van der Waals surface area contributed by atoms with Crippen molar-refractivity contribution in [1.82, 2.24) is 4.90 Å². The average Bonchev–Trinajstić information content (AvgIpc) is 3.17. The Labute approximate surface area is 165 Å². The third-order valence-electron chi connectivity index (χ3n) is 5.87. The Kier molecular flexibility index (Phi) is 5.11. The van der Waals surface area contributed by atoms with Gasteiger partial charge < -0.3 is 16.0 Å². The third kappa shape index (κ3) is 3.69. The molecular weight excluding hydrogens is 358 g/mol. The number of hydrogen-bond acceptors (Lipinski definition) is 3. The number of carbonyl (C=O) groups excluding carboxylic acids is 1. The zero-order valence-corrected chi connectivity index (χ0v) is 16.4. The first-order chi connectivity index (χ1) is 13.0. The maximum absolute atomic E-state index is 12.7. The number of nitrogens with one attached hydrogen (secondary N) is 1. The standard InChI is InChI=1S/C22H26ClN3O/c1-26-12-18(17-10-15(24)11-20(23)19(17)13-26)16-8-4-5-9-21(16)25-22(27)14-6-2-3-7-14/h4-5,8-11,14,18H,2-3,6-7,12-13,24H2,1H3,(H,25,27). The summed E-state index contributed by atoms with van der Waals surface area (Å²) in [7, 11) is 2.10. The van der Waals surface area contributed by atoms with Gasteiger partial charge in [-0.05, 0) is 54.8 Å². The van der Waals surface area contributed by atoms with Crippen LogP contribution < -0.4 is 11.1 Å². The highest BCUT2D eigenvalue weighted by molar-refractivity contribution is 6.31. The van der Waals surface area contributed by atoms with Crippen LogP contribution in [0, 0.1) is 5.92 Å². The second-order valence-corrected chi connectivity index (χ2v) is 8.28. The van der Waals surface area contributed by atoms with E-state index in [1.54, 1.807) is 0 Å². The number of rotatable bonds is 3. The number of anilines is 2. The summed E-state index contributed by atoms with van der Waals surface area (Å²) in [6.07, 6.45) is 4.29. The van der Waals surface area contributed by atoms with Gasteiger partial charge in [-0.25, -0.2) is 0 Å². The summed E-state index contributed by atoms with van der Waals surface area (Å²) in [6.45, 7) is 1.67. The second kappa shape index (κ2) is 7.53. The van der Waals surface area contributed by atoms with Gasteiger partial charge in [0, 0.05) is 41.3 Å². The first-order valence-corrected chi connectivity index (χ1v) is 10.1. The van der Waals surface area contributed by atoms with E-state index in [0.717, 1.165) is 55.6 Å². The minimum absolute atomic E-state index is 0.125. The molecule has 0 saturated heterocycles. The lowest BCUT2D eigenvalue weighted by Crippen LogP contribution is -2.32. The molecule has 1 fully saturated rings. The van der Waals surface area contributed by atoms with E-state index in [4.69, 9.17) is 17.3 Å². The molecule has 2 aliphatic rings. The Balaban J connectivity index is 1.71.